The minimum atomic E-state index is -0.706. The lowest BCUT2D eigenvalue weighted by Gasteiger charge is -2.06. The molecule has 3 rings (SSSR count). The van der Waals surface area contributed by atoms with Crippen LogP contribution >= 0.6 is 0 Å². The molecule has 6 heteroatoms. The van der Waals surface area contributed by atoms with Gasteiger partial charge in [0.05, 0.1) is 5.69 Å². The predicted octanol–water partition coefficient (Wildman–Crippen LogP) is 3.36. The number of rotatable bonds is 2. The molecular formula is C14H8F2N2O2. The SMILES string of the molecule is O=C(Nc1cc(F)ccc1F)c1ccc2ocnc2c1. The summed E-state index contributed by atoms with van der Waals surface area (Å²) in [5.74, 6) is -1.89. The standard InChI is InChI=1S/C14H8F2N2O2/c15-9-2-3-10(16)11(6-9)18-14(19)8-1-4-13-12(5-8)17-7-20-13/h1-7H,(H,18,19). The van der Waals surface area contributed by atoms with Gasteiger partial charge in [0.1, 0.15) is 17.2 Å². The zero-order valence-electron chi connectivity index (χ0n) is 10.1. The molecule has 0 aliphatic rings. The highest BCUT2D eigenvalue weighted by Crippen LogP contribution is 2.18. The van der Waals surface area contributed by atoms with Crippen LogP contribution in [-0.2, 0) is 0 Å². The number of amides is 1. The Morgan fingerprint density at radius 3 is 2.85 bits per heavy atom. The van der Waals surface area contributed by atoms with Crippen molar-refractivity contribution in [2.75, 3.05) is 5.32 Å². The summed E-state index contributed by atoms with van der Waals surface area (Å²) in [4.78, 5) is 15.9. The van der Waals surface area contributed by atoms with Gasteiger partial charge in [0, 0.05) is 11.6 Å². The van der Waals surface area contributed by atoms with E-state index in [1.807, 2.05) is 0 Å². The summed E-state index contributed by atoms with van der Waals surface area (Å²) in [5.41, 5.74) is 1.11. The maximum atomic E-state index is 13.4. The first-order valence-electron chi connectivity index (χ1n) is 5.73. The molecule has 0 unspecified atom stereocenters. The lowest BCUT2D eigenvalue weighted by molar-refractivity contribution is 0.102. The molecule has 0 aliphatic carbocycles. The average Bonchev–Trinajstić information content (AvgIpc) is 2.90. The number of benzene rings is 2. The van der Waals surface area contributed by atoms with Gasteiger partial charge in [0.15, 0.2) is 12.0 Å². The van der Waals surface area contributed by atoms with Crippen molar-refractivity contribution < 1.29 is 18.0 Å². The molecule has 20 heavy (non-hydrogen) atoms. The van der Waals surface area contributed by atoms with Crippen LogP contribution in [0.4, 0.5) is 14.5 Å². The van der Waals surface area contributed by atoms with E-state index in [1.54, 1.807) is 6.07 Å². The number of aromatic nitrogens is 1. The molecule has 0 aliphatic heterocycles. The van der Waals surface area contributed by atoms with Gasteiger partial charge in [-0.1, -0.05) is 0 Å². The second-order valence-corrected chi connectivity index (χ2v) is 4.11. The maximum Gasteiger partial charge on any atom is 0.255 e. The van der Waals surface area contributed by atoms with E-state index in [0.717, 1.165) is 18.2 Å². The van der Waals surface area contributed by atoms with Crippen molar-refractivity contribution in [2.45, 2.75) is 0 Å². The molecule has 100 valence electrons. The zero-order chi connectivity index (χ0) is 14.1. The number of hydrogen-bond donors (Lipinski definition) is 1. The number of fused-ring (bicyclic) bond motifs is 1. The predicted molar refractivity (Wildman–Crippen MR) is 68.3 cm³/mol. The van der Waals surface area contributed by atoms with Gasteiger partial charge >= 0.3 is 0 Å². The van der Waals surface area contributed by atoms with E-state index in [0.29, 0.717) is 11.1 Å². The van der Waals surface area contributed by atoms with Crippen molar-refractivity contribution in [1.82, 2.24) is 4.98 Å². The molecule has 1 aromatic heterocycles. The lowest BCUT2D eigenvalue weighted by atomic mass is 10.2. The van der Waals surface area contributed by atoms with Crippen LogP contribution in [0.2, 0.25) is 0 Å². The van der Waals surface area contributed by atoms with E-state index < -0.39 is 17.5 Å². The fraction of sp³-hybridized carbons (Fsp3) is 0. The van der Waals surface area contributed by atoms with Gasteiger partial charge in [-0.2, -0.15) is 0 Å². The summed E-state index contributed by atoms with van der Waals surface area (Å²) in [6.45, 7) is 0. The van der Waals surface area contributed by atoms with E-state index in [2.05, 4.69) is 10.3 Å². The molecule has 0 atom stereocenters. The number of anilines is 1. The minimum Gasteiger partial charge on any atom is -0.443 e. The highest BCUT2D eigenvalue weighted by Gasteiger charge is 2.11. The number of hydrogen-bond acceptors (Lipinski definition) is 3. The minimum absolute atomic E-state index is 0.213. The third-order valence-corrected chi connectivity index (χ3v) is 2.77. The second-order valence-electron chi connectivity index (χ2n) is 4.11. The fourth-order valence-corrected chi connectivity index (χ4v) is 1.79. The number of carbonyl (C=O) groups excluding carboxylic acids is 1. The smallest absolute Gasteiger partial charge is 0.255 e. The summed E-state index contributed by atoms with van der Waals surface area (Å²) in [6, 6.07) is 7.45. The number of nitrogens with zero attached hydrogens (tertiary/aromatic N) is 1. The quantitative estimate of drug-likeness (QED) is 0.779. The van der Waals surface area contributed by atoms with Gasteiger partial charge in [-0.25, -0.2) is 13.8 Å². The van der Waals surface area contributed by atoms with E-state index in [9.17, 15) is 13.6 Å². The molecule has 0 saturated carbocycles. The summed E-state index contributed by atoms with van der Waals surface area (Å²) in [7, 11) is 0. The Labute approximate surface area is 112 Å². The molecule has 0 fully saturated rings. The summed E-state index contributed by atoms with van der Waals surface area (Å²) in [5, 5.41) is 2.31. The van der Waals surface area contributed by atoms with Crippen molar-refractivity contribution in [3.63, 3.8) is 0 Å². The first-order valence-corrected chi connectivity index (χ1v) is 5.73. The molecule has 4 nitrogen and oxygen atoms in total. The number of oxazole rings is 1. The largest absolute Gasteiger partial charge is 0.443 e. The van der Waals surface area contributed by atoms with E-state index in [4.69, 9.17) is 4.42 Å². The third kappa shape index (κ3) is 2.23. The molecular weight excluding hydrogens is 266 g/mol. The molecule has 3 aromatic rings. The fourth-order valence-electron chi connectivity index (χ4n) is 1.79. The molecule has 1 amide bonds. The highest BCUT2D eigenvalue weighted by atomic mass is 19.1. The first kappa shape index (κ1) is 12.3. The maximum absolute atomic E-state index is 13.4. The molecule has 0 bridgehead atoms. The van der Waals surface area contributed by atoms with Crippen LogP contribution in [0.3, 0.4) is 0 Å². The van der Waals surface area contributed by atoms with Gasteiger partial charge in [-0.05, 0) is 30.3 Å². The van der Waals surface area contributed by atoms with Gasteiger partial charge in [-0.15, -0.1) is 0 Å². The summed E-state index contributed by atoms with van der Waals surface area (Å²) in [6.07, 6.45) is 1.26. The van der Waals surface area contributed by atoms with Crippen LogP contribution in [0.5, 0.6) is 0 Å². The summed E-state index contributed by atoms with van der Waals surface area (Å²) >= 11 is 0. The third-order valence-electron chi connectivity index (χ3n) is 2.77. The van der Waals surface area contributed by atoms with E-state index in [-0.39, 0.29) is 11.3 Å². The van der Waals surface area contributed by atoms with Crippen molar-refractivity contribution in [3.8, 4) is 0 Å². The Hall–Kier alpha value is -2.76. The zero-order valence-corrected chi connectivity index (χ0v) is 10.1. The van der Waals surface area contributed by atoms with Crippen LogP contribution in [-0.4, -0.2) is 10.9 Å². The average molecular weight is 274 g/mol. The van der Waals surface area contributed by atoms with E-state index >= 15 is 0 Å². The van der Waals surface area contributed by atoms with Crippen molar-refractivity contribution in [3.05, 3.63) is 60.0 Å². The number of halogens is 2. The molecule has 2 aromatic carbocycles. The lowest BCUT2D eigenvalue weighted by Crippen LogP contribution is -2.13. The molecule has 1 heterocycles. The Kier molecular flexibility index (Phi) is 2.90. The summed E-state index contributed by atoms with van der Waals surface area (Å²) < 4.78 is 31.5. The first-order chi connectivity index (χ1) is 9.63. The van der Waals surface area contributed by atoms with E-state index in [1.165, 1.54) is 18.5 Å². The second kappa shape index (κ2) is 4.73. The Balaban J connectivity index is 1.90. The van der Waals surface area contributed by atoms with Crippen LogP contribution in [0.25, 0.3) is 11.1 Å². The normalized spacial score (nSPS) is 10.7. The van der Waals surface area contributed by atoms with Crippen LogP contribution in [0.1, 0.15) is 10.4 Å². The number of nitrogens with one attached hydrogen (secondary N) is 1. The van der Waals surface area contributed by atoms with Crippen molar-refractivity contribution in [2.24, 2.45) is 0 Å². The van der Waals surface area contributed by atoms with Crippen LogP contribution in [0, 0.1) is 11.6 Å². The Bertz CT molecular complexity index is 799. The van der Waals surface area contributed by atoms with Gasteiger partial charge in [-0.3, -0.25) is 4.79 Å². The molecule has 1 N–H and O–H groups in total. The molecule has 0 spiro atoms. The highest BCUT2D eigenvalue weighted by molar-refractivity contribution is 6.05. The number of carbonyl (C=O) groups is 1. The van der Waals surface area contributed by atoms with Crippen LogP contribution in [0.15, 0.2) is 47.2 Å². The topological polar surface area (TPSA) is 55.1 Å². The van der Waals surface area contributed by atoms with Gasteiger partial charge in [0.25, 0.3) is 5.91 Å². The van der Waals surface area contributed by atoms with Crippen molar-refractivity contribution in [1.29, 1.82) is 0 Å². The van der Waals surface area contributed by atoms with Crippen molar-refractivity contribution >= 4 is 22.7 Å². The van der Waals surface area contributed by atoms with Crippen LogP contribution < -0.4 is 5.32 Å². The monoisotopic (exact) mass is 274 g/mol. The molecule has 0 saturated heterocycles. The van der Waals surface area contributed by atoms with Gasteiger partial charge in [0.2, 0.25) is 0 Å². The van der Waals surface area contributed by atoms with Gasteiger partial charge < -0.3 is 9.73 Å². The molecule has 0 radical (unpaired) electrons. The Morgan fingerprint density at radius 1 is 1.15 bits per heavy atom. The Morgan fingerprint density at radius 2 is 2.00 bits per heavy atom.